The molecule has 1 aliphatic heterocycles. The summed E-state index contributed by atoms with van der Waals surface area (Å²) >= 11 is 3.71. The molecule has 2 heterocycles. The number of rotatable bonds is 5. The molecular formula is C29H28BrN3O. The van der Waals surface area contributed by atoms with Gasteiger partial charge in [0, 0.05) is 30.5 Å². The van der Waals surface area contributed by atoms with E-state index in [-0.39, 0.29) is 11.6 Å². The molecule has 0 N–H and O–H groups in total. The zero-order valence-corrected chi connectivity index (χ0v) is 21.1. The minimum Gasteiger partial charge on any atom is -0.294 e. The highest BCUT2D eigenvalue weighted by Gasteiger charge is 2.27. The Hall–Kier alpha value is -3.02. The number of hydrogen-bond acceptors (Lipinski definition) is 3. The Morgan fingerprint density at radius 2 is 1.59 bits per heavy atom. The van der Waals surface area contributed by atoms with E-state index in [0.717, 1.165) is 52.2 Å². The molecule has 1 aliphatic rings. The Morgan fingerprint density at radius 1 is 0.941 bits per heavy atom. The van der Waals surface area contributed by atoms with Crippen LogP contribution in [0.4, 0.5) is 0 Å². The maximum absolute atomic E-state index is 14.0. The minimum absolute atomic E-state index is 0.0628. The molecule has 4 nitrogen and oxygen atoms in total. The third-order valence-electron chi connectivity index (χ3n) is 6.61. The molecule has 0 saturated carbocycles. The van der Waals surface area contributed by atoms with Crippen LogP contribution in [-0.4, -0.2) is 21.0 Å². The lowest BCUT2D eigenvalue weighted by Crippen LogP contribution is -2.40. The predicted molar refractivity (Wildman–Crippen MR) is 140 cm³/mol. The van der Waals surface area contributed by atoms with Gasteiger partial charge in [-0.15, -0.1) is 0 Å². The SMILES string of the molecule is Cc1ccc(CN2CCc3nc(C)n(C(c4ccccc4)c4ccccc4)c(=O)c3C2)c(Br)c1. The summed E-state index contributed by atoms with van der Waals surface area (Å²) in [7, 11) is 0. The normalized spacial score (nSPS) is 13.8. The molecule has 5 rings (SSSR count). The Labute approximate surface area is 209 Å². The largest absolute Gasteiger partial charge is 0.294 e. The van der Waals surface area contributed by atoms with Gasteiger partial charge in [0.1, 0.15) is 5.82 Å². The van der Waals surface area contributed by atoms with Gasteiger partial charge in [0.25, 0.3) is 5.56 Å². The first-order valence-electron chi connectivity index (χ1n) is 11.7. The van der Waals surface area contributed by atoms with Gasteiger partial charge >= 0.3 is 0 Å². The van der Waals surface area contributed by atoms with Gasteiger partial charge in [-0.2, -0.15) is 0 Å². The molecule has 172 valence electrons. The van der Waals surface area contributed by atoms with Gasteiger partial charge in [0.05, 0.1) is 17.3 Å². The lowest BCUT2D eigenvalue weighted by atomic mass is 9.97. The number of fused-ring (bicyclic) bond motifs is 1. The lowest BCUT2D eigenvalue weighted by Gasteiger charge is -2.30. The number of aromatic nitrogens is 2. The van der Waals surface area contributed by atoms with Crippen LogP contribution in [0.5, 0.6) is 0 Å². The van der Waals surface area contributed by atoms with Crippen LogP contribution in [0, 0.1) is 13.8 Å². The van der Waals surface area contributed by atoms with Gasteiger partial charge in [0.2, 0.25) is 0 Å². The molecule has 34 heavy (non-hydrogen) atoms. The van der Waals surface area contributed by atoms with Crippen molar-refractivity contribution in [3.8, 4) is 0 Å². The van der Waals surface area contributed by atoms with Crippen molar-refractivity contribution in [1.29, 1.82) is 0 Å². The van der Waals surface area contributed by atoms with Crippen molar-refractivity contribution in [2.45, 2.75) is 39.4 Å². The summed E-state index contributed by atoms with van der Waals surface area (Å²) in [5.74, 6) is 0.760. The van der Waals surface area contributed by atoms with Crippen LogP contribution in [0.3, 0.4) is 0 Å². The molecule has 0 unspecified atom stereocenters. The van der Waals surface area contributed by atoms with E-state index in [1.807, 2.05) is 47.9 Å². The Morgan fingerprint density at radius 3 is 2.21 bits per heavy atom. The second kappa shape index (κ2) is 9.69. The monoisotopic (exact) mass is 513 g/mol. The topological polar surface area (TPSA) is 38.1 Å². The van der Waals surface area contributed by atoms with Gasteiger partial charge in [-0.1, -0.05) is 88.7 Å². The van der Waals surface area contributed by atoms with Gasteiger partial charge < -0.3 is 0 Å². The molecule has 0 amide bonds. The average molecular weight is 514 g/mol. The van der Waals surface area contributed by atoms with Crippen molar-refractivity contribution in [2.24, 2.45) is 0 Å². The van der Waals surface area contributed by atoms with E-state index in [1.54, 1.807) is 0 Å². The van der Waals surface area contributed by atoms with Crippen LogP contribution in [0.15, 0.2) is 88.1 Å². The van der Waals surface area contributed by atoms with Crippen molar-refractivity contribution in [2.75, 3.05) is 6.54 Å². The maximum atomic E-state index is 14.0. The predicted octanol–water partition coefficient (Wildman–Crippen LogP) is 5.82. The Kier molecular flexibility index (Phi) is 6.48. The molecule has 0 bridgehead atoms. The molecule has 1 aromatic heterocycles. The summed E-state index contributed by atoms with van der Waals surface area (Å²) in [5, 5.41) is 0. The molecule has 0 saturated heterocycles. The van der Waals surface area contributed by atoms with Crippen molar-refractivity contribution >= 4 is 15.9 Å². The maximum Gasteiger partial charge on any atom is 0.259 e. The second-order valence-electron chi connectivity index (χ2n) is 9.04. The van der Waals surface area contributed by atoms with E-state index in [4.69, 9.17) is 4.98 Å². The van der Waals surface area contributed by atoms with E-state index in [0.29, 0.717) is 6.54 Å². The van der Waals surface area contributed by atoms with E-state index >= 15 is 0 Å². The zero-order valence-electron chi connectivity index (χ0n) is 19.5. The summed E-state index contributed by atoms with van der Waals surface area (Å²) < 4.78 is 3.00. The summed E-state index contributed by atoms with van der Waals surface area (Å²) in [4.78, 5) is 21.3. The minimum atomic E-state index is -0.214. The third kappa shape index (κ3) is 4.50. The number of hydrogen-bond donors (Lipinski definition) is 0. The van der Waals surface area contributed by atoms with Crippen molar-refractivity contribution in [3.05, 3.63) is 133 Å². The molecule has 0 spiro atoms. The van der Waals surface area contributed by atoms with Crippen LogP contribution in [-0.2, 0) is 19.5 Å². The fourth-order valence-corrected chi connectivity index (χ4v) is 5.51. The van der Waals surface area contributed by atoms with E-state index in [9.17, 15) is 4.79 Å². The fraction of sp³-hybridized carbons (Fsp3) is 0.241. The van der Waals surface area contributed by atoms with Crippen LogP contribution in [0.2, 0.25) is 0 Å². The van der Waals surface area contributed by atoms with Gasteiger partial charge in [-0.05, 0) is 42.2 Å². The third-order valence-corrected chi connectivity index (χ3v) is 7.35. The summed E-state index contributed by atoms with van der Waals surface area (Å²) in [5.41, 5.74) is 6.45. The quantitative estimate of drug-likeness (QED) is 0.337. The van der Waals surface area contributed by atoms with E-state index < -0.39 is 0 Å². The highest BCUT2D eigenvalue weighted by molar-refractivity contribution is 9.10. The molecule has 5 heteroatoms. The molecule has 3 aromatic carbocycles. The number of aryl methyl sites for hydroxylation is 2. The van der Waals surface area contributed by atoms with Crippen LogP contribution < -0.4 is 5.56 Å². The first-order chi connectivity index (χ1) is 16.5. The molecule has 0 atom stereocenters. The average Bonchev–Trinajstić information content (AvgIpc) is 2.85. The fourth-order valence-electron chi connectivity index (χ4n) is 4.89. The standard InChI is InChI=1S/C29H28BrN3O/c1-20-13-14-24(26(30)17-20)18-32-16-15-27-25(19-32)29(34)33(21(2)31-27)28(22-9-5-3-6-10-22)23-11-7-4-8-12-23/h3-14,17,28H,15-16,18-19H2,1-2H3. The number of halogens is 1. The van der Waals surface area contributed by atoms with Crippen LogP contribution >= 0.6 is 15.9 Å². The smallest absolute Gasteiger partial charge is 0.259 e. The van der Waals surface area contributed by atoms with Crippen molar-refractivity contribution in [3.63, 3.8) is 0 Å². The van der Waals surface area contributed by atoms with E-state index in [2.05, 4.69) is 70.2 Å². The number of benzene rings is 3. The highest BCUT2D eigenvalue weighted by atomic mass is 79.9. The second-order valence-corrected chi connectivity index (χ2v) is 9.89. The first-order valence-corrected chi connectivity index (χ1v) is 12.5. The number of nitrogens with zero attached hydrogens (tertiary/aromatic N) is 3. The van der Waals surface area contributed by atoms with E-state index in [1.165, 1.54) is 11.1 Å². The highest BCUT2D eigenvalue weighted by Crippen LogP contribution is 2.28. The molecule has 4 aromatic rings. The molecule has 0 aliphatic carbocycles. The Balaban J connectivity index is 1.55. The van der Waals surface area contributed by atoms with Crippen molar-refractivity contribution in [1.82, 2.24) is 14.5 Å². The van der Waals surface area contributed by atoms with Crippen LogP contribution in [0.1, 0.15) is 45.4 Å². The van der Waals surface area contributed by atoms with Crippen molar-refractivity contribution < 1.29 is 0 Å². The van der Waals surface area contributed by atoms with Gasteiger partial charge in [0.15, 0.2) is 0 Å². The molecule has 0 fully saturated rings. The summed E-state index contributed by atoms with van der Waals surface area (Å²) in [6.45, 7) is 6.35. The molecule has 0 radical (unpaired) electrons. The van der Waals surface area contributed by atoms with Gasteiger partial charge in [-0.25, -0.2) is 4.98 Å². The van der Waals surface area contributed by atoms with Crippen LogP contribution in [0.25, 0.3) is 0 Å². The summed E-state index contributed by atoms with van der Waals surface area (Å²) in [6, 6.07) is 26.7. The first kappa shape index (κ1) is 22.8. The lowest BCUT2D eigenvalue weighted by molar-refractivity contribution is 0.239. The van der Waals surface area contributed by atoms with Gasteiger partial charge in [-0.3, -0.25) is 14.3 Å². The molecular weight excluding hydrogens is 486 g/mol. The summed E-state index contributed by atoms with van der Waals surface area (Å²) in [6.07, 6.45) is 0.789. The zero-order chi connectivity index (χ0) is 23.7. The Bertz CT molecular complexity index is 1330.